The number of amidine groups is 1. The molecule has 0 N–H and O–H groups in total. The number of carbonyl (C=O) groups excluding carboxylic acids is 2. The maximum atomic E-state index is 12.7. The number of amides is 3. The number of urea groups is 1. The van der Waals surface area contributed by atoms with Gasteiger partial charge in [-0.05, 0) is 20.8 Å². The third-order valence-electron chi connectivity index (χ3n) is 4.63. The van der Waals surface area contributed by atoms with E-state index < -0.39 is 6.04 Å². The third kappa shape index (κ3) is 2.31. The van der Waals surface area contributed by atoms with Crippen LogP contribution in [0.2, 0.25) is 0 Å². The molecule has 9 nitrogen and oxygen atoms in total. The molecular formula is C15H23N6O3+. The number of hydrazone groups is 1. The monoisotopic (exact) mass is 335 g/mol. The molecule has 0 aromatic carbocycles. The van der Waals surface area contributed by atoms with E-state index in [1.807, 2.05) is 25.3 Å². The molecule has 0 aliphatic carbocycles. The lowest BCUT2D eigenvalue weighted by Gasteiger charge is -2.33. The van der Waals surface area contributed by atoms with Crippen molar-refractivity contribution >= 4 is 29.4 Å². The molecule has 0 aromatic rings. The van der Waals surface area contributed by atoms with Gasteiger partial charge in [-0.25, -0.2) is 9.37 Å². The predicted molar refractivity (Wildman–Crippen MR) is 88.2 cm³/mol. The van der Waals surface area contributed by atoms with E-state index in [-0.39, 0.29) is 18.0 Å². The number of rotatable bonds is 4. The van der Waals surface area contributed by atoms with Crippen molar-refractivity contribution in [3.8, 4) is 0 Å². The summed E-state index contributed by atoms with van der Waals surface area (Å²) in [7, 11) is 3.14. The van der Waals surface area contributed by atoms with Crippen LogP contribution in [-0.2, 0) is 9.53 Å². The van der Waals surface area contributed by atoms with E-state index in [4.69, 9.17) is 4.74 Å². The molecule has 2 atom stereocenters. The molecule has 3 amide bonds. The van der Waals surface area contributed by atoms with Gasteiger partial charge in [-0.15, -0.1) is 10.1 Å². The van der Waals surface area contributed by atoms with Crippen LogP contribution in [0.1, 0.15) is 20.8 Å². The summed E-state index contributed by atoms with van der Waals surface area (Å²) < 4.78 is 7.35. The fourth-order valence-electron chi connectivity index (χ4n) is 3.10. The van der Waals surface area contributed by atoms with E-state index in [9.17, 15) is 9.59 Å². The molecule has 0 saturated carbocycles. The fourth-order valence-corrected chi connectivity index (χ4v) is 3.10. The normalized spacial score (nSPS) is 26.6. The van der Waals surface area contributed by atoms with Gasteiger partial charge < -0.3 is 4.74 Å². The molecule has 9 heteroatoms. The molecule has 3 rings (SSSR count). The van der Waals surface area contributed by atoms with E-state index in [0.717, 1.165) is 10.6 Å². The molecule has 3 aliphatic rings. The molecule has 0 spiro atoms. The Morgan fingerprint density at radius 2 is 1.96 bits per heavy atom. The zero-order valence-corrected chi connectivity index (χ0v) is 14.7. The predicted octanol–water partition coefficient (Wildman–Crippen LogP) is -0.224. The number of nitrogens with zero attached hydrogens (tertiary/aromatic N) is 6. The molecule has 3 heterocycles. The van der Waals surface area contributed by atoms with Gasteiger partial charge in [0.2, 0.25) is 11.9 Å². The van der Waals surface area contributed by atoms with Gasteiger partial charge in [0.15, 0.2) is 0 Å². The summed E-state index contributed by atoms with van der Waals surface area (Å²) in [4.78, 5) is 32.0. The second kappa shape index (κ2) is 5.97. The number of likely N-dealkylation sites (N-methyl/N-ethyl adjacent to an activating group) is 2. The Labute approximate surface area is 140 Å². The number of fused-ring (bicyclic) bond motifs is 2. The quantitative estimate of drug-likeness (QED) is 0.525. The minimum Gasteiger partial charge on any atom is -0.378 e. The zero-order chi connectivity index (χ0) is 17.6. The molecule has 1 fully saturated rings. The molecule has 0 aromatic heterocycles. The van der Waals surface area contributed by atoms with Crippen LogP contribution in [-0.4, -0.2) is 94.8 Å². The van der Waals surface area contributed by atoms with E-state index in [1.165, 1.54) is 11.9 Å². The number of guanidine groups is 1. The first-order valence-corrected chi connectivity index (χ1v) is 8.08. The number of ether oxygens (including phenoxy) is 1. The van der Waals surface area contributed by atoms with Gasteiger partial charge in [-0.3, -0.25) is 14.6 Å². The summed E-state index contributed by atoms with van der Waals surface area (Å²) in [5, 5.41) is 6.33. The lowest BCUT2D eigenvalue weighted by Crippen LogP contribution is -2.63. The largest absolute Gasteiger partial charge is 0.417 e. The lowest BCUT2D eigenvalue weighted by atomic mass is 10.1. The standard InChI is InChI=1S/C15H23N6O3/c1-6-24-8-7-20-14-16-12-11(21(14)10(3)9(2)17-20)13(22)19(5)15(23)18(12)4/h10-11H,6-8H2,1-5H3/q+1. The summed E-state index contributed by atoms with van der Waals surface area (Å²) in [6.07, 6.45) is 0. The van der Waals surface area contributed by atoms with Crippen LogP contribution in [0.25, 0.3) is 0 Å². The van der Waals surface area contributed by atoms with Gasteiger partial charge in [-0.1, -0.05) is 4.99 Å². The summed E-state index contributed by atoms with van der Waals surface area (Å²) in [6, 6.07) is -1.04. The lowest BCUT2D eigenvalue weighted by molar-refractivity contribution is -0.559. The van der Waals surface area contributed by atoms with Crippen LogP contribution < -0.4 is 0 Å². The van der Waals surface area contributed by atoms with Crippen LogP contribution in [0, 0.1) is 0 Å². The van der Waals surface area contributed by atoms with Crippen molar-refractivity contribution in [2.24, 2.45) is 10.1 Å². The van der Waals surface area contributed by atoms with Gasteiger partial charge in [0.05, 0.1) is 12.3 Å². The van der Waals surface area contributed by atoms with Crippen molar-refractivity contribution in [3.05, 3.63) is 0 Å². The summed E-state index contributed by atoms with van der Waals surface area (Å²) in [6.45, 7) is 7.53. The van der Waals surface area contributed by atoms with E-state index >= 15 is 0 Å². The third-order valence-corrected chi connectivity index (χ3v) is 4.63. The number of hydrogen-bond donors (Lipinski definition) is 0. The average Bonchev–Trinajstić information content (AvgIpc) is 2.96. The fraction of sp³-hybridized carbons (Fsp3) is 0.667. The highest BCUT2D eigenvalue weighted by atomic mass is 16.5. The molecule has 0 radical (unpaired) electrons. The zero-order valence-electron chi connectivity index (χ0n) is 14.7. The highest BCUT2D eigenvalue weighted by molar-refractivity contribution is 6.23. The van der Waals surface area contributed by atoms with Crippen molar-refractivity contribution in [1.82, 2.24) is 14.8 Å². The minimum atomic E-state index is -0.595. The molecule has 0 bridgehead atoms. The Morgan fingerprint density at radius 1 is 1.25 bits per heavy atom. The maximum absolute atomic E-state index is 12.7. The molecule has 3 aliphatic heterocycles. The van der Waals surface area contributed by atoms with E-state index in [2.05, 4.69) is 10.1 Å². The van der Waals surface area contributed by atoms with Gasteiger partial charge in [0.25, 0.3) is 5.91 Å². The Kier molecular flexibility index (Phi) is 4.12. The number of imide groups is 1. The van der Waals surface area contributed by atoms with Crippen LogP contribution in [0.3, 0.4) is 0 Å². The first-order chi connectivity index (χ1) is 11.4. The topological polar surface area (TPSA) is 80.8 Å². The summed E-state index contributed by atoms with van der Waals surface area (Å²) in [5.41, 5.74) is 0.890. The Bertz CT molecular complexity index is 683. The first kappa shape index (κ1) is 16.6. The van der Waals surface area contributed by atoms with Crippen molar-refractivity contribution in [2.45, 2.75) is 32.9 Å². The number of hydrogen-bond acceptors (Lipinski definition) is 6. The van der Waals surface area contributed by atoms with Crippen molar-refractivity contribution < 1.29 is 18.9 Å². The number of carbonyl (C=O) groups is 2. The van der Waals surface area contributed by atoms with E-state index in [0.29, 0.717) is 31.6 Å². The van der Waals surface area contributed by atoms with Gasteiger partial charge in [-0.2, -0.15) is 0 Å². The minimum absolute atomic E-state index is 0.0754. The van der Waals surface area contributed by atoms with Crippen molar-refractivity contribution in [2.75, 3.05) is 33.9 Å². The van der Waals surface area contributed by atoms with Crippen LogP contribution in [0.4, 0.5) is 4.79 Å². The Balaban J connectivity index is 1.99. The summed E-state index contributed by atoms with van der Waals surface area (Å²) >= 11 is 0. The van der Waals surface area contributed by atoms with Gasteiger partial charge in [0, 0.05) is 20.7 Å². The molecule has 2 unspecified atom stereocenters. The first-order valence-electron chi connectivity index (χ1n) is 8.08. The maximum Gasteiger partial charge on any atom is 0.417 e. The molecule has 1 saturated heterocycles. The van der Waals surface area contributed by atoms with E-state index in [1.54, 1.807) is 12.1 Å². The van der Waals surface area contributed by atoms with Gasteiger partial charge in [0.1, 0.15) is 12.6 Å². The van der Waals surface area contributed by atoms with Crippen molar-refractivity contribution in [1.29, 1.82) is 0 Å². The van der Waals surface area contributed by atoms with Crippen LogP contribution in [0.5, 0.6) is 0 Å². The van der Waals surface area contributed by atoms with Crippen LogP contribution >= 0.6 is 0 Å². The highest BCUT2D eigenvalue weighted by Crippen LogP contribution is 2.24. The SMILES string of the molecule is CCOCCN1N=C(C)C(C)[N+]2=C1N=C1C2C(=O)N(C)C(=O)N1C. The van der Waals surface area contributed by atoms with Crippen molar-refractivity contribution in [3.63, 3.8) is 0 Å². The second-order valence-corrected chi connectivity index (χ2v) is 6.06. The average molecular weight is 335 g/mol. The molecule has 130 valence electrons. The summed E-state index contributed by atoms with van der Waals surface area (Å²) in [5.74, 6) is 0.783. The Morgan fingerprint density at radius 3 is 2.62 bits per heavy atom. The smallest absolute Gasteiger partial charge is 0.378 e. The number of aliphatic imine (C=N–C) groups is 1. The van der Waals surface area contributed by atoms with Crippen LogP contribution in [0.15, 0.2) is 10.1 Å². The van der Waals surface area contributed by atoms with Gasteiger partial charge >= 0.3 is 12.0 Å². The second-order valence-electron chi connectivity index (χ2n) is 6.06. The molecule has 24 heavy (non-hydrogen) atoms. The Hall–Kier alpha value is -2.29. The highest BCUT2D eigenvalue weighted by Gasteiger charge is 2.55. The molecular weight excluding hydrogens is 312 g/mol.